The second kappa shape index (κ2) is 11.2. The molecule has 2 amide bonds. The molecule has 186 valence electrons. The third kappa shape index (κ3) is 7.11. The number of urea groups is 1. The molecule has 1 aliphatic rings. The third-order valence-electron chi connectivity index (χ3n) is 5.35. The summed E-state index contributed by atoms with van der Waals surface area (Å²) in [5.41, 5.74) is 0.868. The summed E-state index contributed by atoms with van der Waals surface area (Å²) < 4.78 is 52.9. The van der Waals surface area contributed by atoms with E-state index in [-0.39, 0.29) is 29.1 Å². The quantitative estimate of drug-likeness (QED) is 0.520. The molecule has 1 saturated carbocycles. The van der Waals surface area contributed by atoms with Gasteiger partial charge in [-0.05, 0) is 38.2 Å². The molecule has 0 unspecified atom stereocenters. The summed E-state index contributed by atoms with van der Waals surface area (Å²) in [5.74, 6) is -0.0180. The van der Waals surface area contributed by atoms with Crippen LogP contribution >= 0.6 is 0 Å². The SMILES string of the molecule is CCc1cc(OC2CCC(NC(=O)Nc3cc(OC(F)(F)F)cc(CO)c3OC)CC2)ncn1. The number of anilines is 1. The Balaban J connectivity index is 1.58. The van der Waals surface area contributed by atoms with Gasteiger partial charge in [0.1, 0.15) is 23.9 Å². The maximum atomic E-state index is 12.6. The smallest absolute Gasteiger partial charge is 0.494 e. The number of amides is 2. The predicted octanol–water partition coefficient (Wildman–Crippen LogP) is 3.95. The first-order chi connectivity index (χ1) is 16.2. The minimum absolute atomic E-state index is 0.0353. The minimum atomic E-state index is -4.93. The summed E-state index contributed by atoms with van der Waals surface area (Å²) in [4.78, 5) is 20.8. The van der Waals surface area contributed by atoms with E-state index < -0.39 is 24.7 Å². The number of nitrogens with one attached hydrogen (secondary N) is 2. The van der Waals surface area contributed by atoms with Crippen molar-refractivity contribution in [1.29, 1.82) is 0 Å². The van der Waals surface area contributed by atoms with Gasteiger partial charge in [0.15, 0.2) is 0 Å². The summed E-state index contributed by atoms with van der Waals surface area (Å²) in [6, 6.07) is 3.04. The molecule has 9 nitrogen and oxygen atoms in total. The average Bonchev–Trinajstić information content (AvgIpc) is 2.79. The number of hydrogen-bond donors (Lipinski definition) is 3. The number of aliphatic hydroxyl groups is 1. The number of benzene rings is 1. The van der Waals surface area contributed by atoms with Gasteiger partial charge < -0.3 is 30.0 Å². The van der Waals surface area contributed by atoms with Crippen molar-refractivity contribution < 1.29 is 37.3 Å². The number of carbonyl (C=O) groups is 1. The summed E-state index contributed by atoms with van der Waals surface area (Å²) in [5, 5.41) is 14.8. The van der Waals surface area contributed by atoms with Crippen LogP contribution in [0, 0.1) is 0 Å². The van der Waals surface area contributed by atoms with Crippen molar-refractivity contribution in [1.82, 2.24) is 15.3 Å². The number of aliphatic hydroxyl groups excluding tert-OH is 1. The van der Waals surface area contributed by atoms with Crippen LogP contribution in [0.25, 0.3) is 0 Å². The number of carbonyl (C=O) groups excluding carboxylic acids is 1. The van der Waals surface area contributed by atoms with Gasteiger partial charge in [0.25, 0.3) is 0 Å². The van der Waals surface area contributed by atoms with Gasteiger partial charge >= 0.3 is 12.4 Å². The van der Waals surface area contributed by atoms with Gasteiger partial charge in [-0.2, -0.15) is 0 Å². The second-order valence-corrected chi connectivity index (χ2v) is 7.76. The fourth-order valence-corrected chi connectivity index (χ4v) is 3.78. The minimum Gasteiger partial charge on any atom is -0.494 e. The average molecular weight is 484 g/mol. The molecule has 3 rings (SSSR count). The summed E-state index contributed by atoms with van der Waals surface area (Å²) in [6.07, 6.45) is -0.0145. The monoisotopic (exact) mass is 484 g/mol. The van der Waals surface area contributed by atoms with Crippen LogP contribution in [0.3, 0.4) is 0 Å². The molecule has 12 heteroatoms. The van der Waals surface area contributed by atoms with E-state index in [1.807, 2.05) is 13.0 Å². The molecular weight excluding hydrogens is 457 g/mol. The zero-order chi connectivity index (χ0) is 24.7. The molecule has 0 aliphatic heterocycles. The lowest BCUT2D eigenvalue weighted by molar-refractivity contribution is -0.274. The molecule has 0 bridgehead atoms. The van der Waals surface area contributed by atoms with Crippen LogP contribution in [-0.2, 0) is 13.0 Å². The Morgan fingerprint density at radius 2 is 1.91 bits per heavy atom. The molecule has 3 N–H and O–H groups in total. The number of rotatable bonds is 8. The number of methoxy groups -OCH3 is 1. The number of aromatic nitrogens is 2. The Labute approximate surface area is 194 Å². The van der Waals surface area contributed by atoms with E-state index in [1.54, 1.807) is 0 Å². The van der Waals surface area contributed by atoms with Gasteiger partial charge in [0.05, 0.1) is 19.4 Å². The molecule has 2 aromatic rings. The largest absolute Gasteiger partial charge is 0.573 e. The zero-order valence-corrected chi connectivity index (χ0v) is 18.8. The summed E-state index contributed by atoms with van der Waals surface area (Å²) in [7, 11) is 1.28. The van der Waals surface area contributed by atoms with E-state index in [0.717, 1.165) is 24.2 Å². The van der Waals surface area contributed by atoms with Gasteiger partial charge in [0.2, 0.25) is 5.88 Å². The summed E-state index contributed by atoms with van der Waals surface area (Å²) >= 11 is 0. The first-order valence-electron chi connectivity index (χ1n) is 10.8. The standard InChI is InChI=1S/C22H27F3N4O5/c1-3-14-9-19(27-12-26-14)33-16-6-4-15(5-7-16)28-21(31)29-18-10-17(34-22(23,24)25)8-13(11-30)20(18)32-2/h8-10,12,15-16,30H,3-7,11H2,1-2H3,(H2,28,29,31). The number of ether oxygens (including phenoxy) is 3. The van der Waals surface area contributed by atoms with Gasteiger partial charge in [-0.15, -0.1) is 13.2 Å². The molecule has 0 spiro atoms. The topological polar surface area (TPSA) is 115 Å². The Bertz CT molecular complexity index is 981. The Kier molecular flexibility index (Phi) is 8.37. The normalized spacial score (nSPS) is 18.2. The van der Waals surface area contributed by atoms with Crippen LogP contribution in [0.2, 0.25) is 0 Å². The maximum Gasteiger partial charge on any atom is 0.573 e. The Morgan fingerprint density at radius 3 is 2.53 bits per heavy atom. The maximum absolute atomic E-state index is 12.6. The van der Waals surface area contributed by atoms with Crippen LogP contribution in [0.5, 0.6) is 17.4 Å². The molecule has 0 saturated heterocycles. The molecule has 1 heterocycles. The molecule has 34 heavy (non-hydrogen) atoms. The van der Waals surface area contributed by atoms with Crippen LogP contribution in [0.4, 0.5) is 23.7 Å². The first kappa shape index (κ1) is 25.3. The van der Waals surface area contributed by atoms with E-state index in [2.05, 4.69) is 25.3 Å². The Hall–Kier alpha value is -3.28. The van der Waals surface area contributed by atoms with Crippen LogP contribution < -0.4 is 24.8 Å². The zero-order valence-electron chi connectivity index (χ0n) is 18.8. The number of aryl methyl sites for hydroxylation is 1. The lowest BCUT2D eigenvalue weighted by atomic mass is 9.93. The molecule has 0 radical (unpaired) electrons. The molecule has 1 aromatic carbocycles. The third-order valence-corrected chi connectivity index (χ3v) is 5.35. The second-order valence-electron chi connectivity index (χ2n) is 7.76. The van der Waals surface area contributed by atoms with Crippen LogP contribution in [0.1, 0.15) is 43.9 Å². The van der Waals surface area contributed by atoms with E-state index in [4.69, 9.17) is 9.47 Å². The van der Waals surface area contributed by atoms with Gasteiger partial charge in [-0.3, -0.25) is 0 Å². The molecule has 0 atom stereocenters. The number of halogens is 3. The van der Waals surface area contributed by atoms with Gasteiger partial charge in [-0.1, -0.05) is 6.92 Å². The number of hydrogen-bond acceptors (Lipinski definition) is 7. The van der Waals surface area contributed by atoms with Crippen LogP contribution in [-0.4, -0.2) is 46.7 Å². The molecule has 1 aromatic heterocycles. The Morgan fingerprint density at radius 1 is 1.18 bits per heavy atom. The van der Waals surface area contributed by atoms with Crippen LogP contribution in [0.15, 0.2) is 24.5 Å². The van der Waals surface area contributed by atoms with Crippen molar-refractivity contribution >= 4 is 11.7 Å². The van der Waals surface area contributed by atoms with Gasteiger partial charge in [-0.25, -0.2) is 14.8 Å². The fourth-order valence-electron chi connectivity index (χ4n) is 3.78. The van der Waals surface area contributed by atoms with Crippen molar-refractivity contribution in [2.24, 2.45) is 0 Å². The molecular formula is C22H27F3N4O5. The highest BCUT2D eigenvalue weighted by molar-refractivity contribution is 5.91. The van der Waals surface area contributed by atoms with E-state index in [0.29, 0.717) is 31.6 Å². The lowest BCUT2D eigenvalue weighted by Gasteiger charge is -2.29. The highest BCUT2D eigenvalue weighted by Crippen LogP contribution is 2.36. The highest BCUT2D eigenvalue weighted by Gasteiger charge is 2.32. The van der Waals surface area contributed by atoms with E-state index >= 15 is 0 Å². The summed E-state index contributed by atoms with van der Waals surface area (Å²) in [6.45, 7) is 1.39. The van der Waals surface area contributed by atoms with Gasteiger partial charge in [0, 0.05) is 29.4 Å². The van der Waals surface area contributed by atoms with Crippen molar-refractivity contribution in [3.05, 3.63) is 35.8 Å². The predicted molar refractivity (Wildman–Crippen MR) is 116 cm³/mol. The van der Waals surface area contributed by atoms with E-state index in [9.17, 15) is 23.1 Å². The number of alkyl halides is 3. The van der Waals surface area contributed by atoms with Crippen molar-refractivity contribution in [3.8, 4) is 17.4 Å². The first-order valence-corrected chi connectivity index (χ1v) is 10.8. The molecule has 1 fully saturated rings. The van der Waals surface area contributed by atoms with Crippen molar-refractivity contribution in [2.45, 2.75) is 64.1 Å². The lowest BCUT2D eigenvalue weighted by Crippen LogP contribution is -2.41. The molecule has 1 aliphatic carbocycles. The van der Waals surface area contributed by atoms with Crippen molar-refractivity contribution in [2.75, 3.05) is 12.4 Å². The number of nitrogens with zero attached hydrogens (tertiary/aromatic N) is 2. The highest BCUT2D eigenvalue weighted by atomic mass is 19.4. The fraction of sp³-hybridized carbons (Fsp3) is 0.500. The van der Waals surface area contributed by atoms with Crippen molar-refractivity contribution in [3.63, 3.8) is 0 Å². The van der Waals surface area contributed by atoms with E-state index in [1.165, 1.54) is 13.4 Å².